The molecule has 0 aliphatic rings. The van der Waals surface area contributed by atoms with Crippen LogP contribution in [0.1, 0.15) is 10.4 Å². The van der Waals surface area contributed by atoms with Gasteiger partial charge in [-0.25, -0.2) is 0 Å². The van der Waals surface area contributed by atoms with Crippen molar-refractivity contribution in [2.45, 2.75) is 0 Å². The first-order valence-corrected chi connectivity index (χ1v) is 6.81. The van der Waals surface area contributed by atoms with Crippen LogP contribution in [0.3, 0.4) is 0 Å². The Morgan fingerprint density at radius 2 is 1.88 bits per heavy atom. The van der Waals surface area contributed by atoms with Crippen LogP contribution < -0.4 is 40.0 Å². The number of rotatable bonds is 3. The molecule has 1 N–H and O–H groups in total. The third-order valence-corrected chi connectivity index (χ3v) is 4.36. The number of hydrogen-bond acceptors (Lipinski definition) is 3. The van der Waals surface area contributed by atoms with E-state index in [1.807, 2.05) is 67.8 Å². The maximum Gasteiger partial charge on any atom is 1.00 e. The Hall–Kier alpha value is 1.35. The Morgan fingerprint density at radius 3 is 2.31 bits per heavy atom. The molecule has 1 aromatic carbocycles. The fourth-order valence-electron chi connectivity index (χ4n) is 0.969. The Kier molecular flexibility index (Phi) is 8.36. The molecule has 0 radical (unpaired) electrons. The predicted octanol–water partition coefficient (Wildman–Crippen LogP) is -1.56. The van der Waals surface area contributed by atoms with Crippen LogP contribution in [0.25, 0.3) is 0 Å². The molecule has 1 amide bonds. The third-order valence-electron chi connectivity index (χ3n) is 1.58. The van der Waals surface area contributed by atoms with E-state index in [1.165, 1.54) is 0 Å². The van der Waals surface area contributed by atoms with Gasteiger partial charge in [0.1, 0.15) is 0 Å². The zero-order chi connectivity index (χ0) is 11.6. The second-order valence-electron chi connectivity index (χ2n) is 2.45. The molecule has 0 saturated carbocycles. The van der Waals surface area contributed by atoms with Crippen LogP contribution in [-0.2, 0) is 4.79 Å². The van der Waals surface area contributed by atoms with Crippen molar-refractivity contribution in [2.75, 3.05) is 5.32 Å². The van der Waals surface area contributed by atoms with Gasteiger partial charge in [0.15, 0.2) is 0 Å². The molecule has 1 rings (SSSR count). The van der Waals surface area contributed by atoms with E-state index in [0.717, 1.165) is 3.57 Å². The van der Waals surface area contributed by atoms with Crippen LogP contribution in [0.5, 0.6) is 0 Å². The fourth-order valence-corrected chi connectivity index (χ4v) is 5.09. The predicted molar refractivity (Wildman–Crippen MR) is 78.6 cm³/mol. The maximum absolute atomic E-state index is 10.9. The normalized spacial score (nSPS) is 9.19. The van der Waals surface area contributed by atoms with Crippen LogP contribution in [0.4, 0.5) is 5.69 Å². The summed E-state index contributed by atoms with van der Waals surface area (Å²) in [7, 11) is 0. The molecule has 0 fully saturated rings. The molecule has 0 aliphatic carbocycles. The third kappa shape index (κ3) is 3.93. The summed E-state index contributed by atoms with van der Waals surface area (Å²) < 4.78 is 1.87. The van der Waals surface area contributed by atoms with E-state index in [4.69, 9.17) is 0 Å². The Morgan fingerprint density at radius 1 is 1.31 bits per heavy atom. The zero-order valence-corrected chi connectivity index (χ0v) is 16.5. The Labute approximate surface area is 155 Å². The first-order chi connectivity index (χ1) is 6.99. The molecule has 0 aliphatic heterocycles. The van der Waals surface area contributed by atoms with E-state index >= 15 is 0 Å². The van der Waals surface area contributed by atoms with Gasteiger partial charge in [-0.3, -0.25) is 4.79 Å². The second kappa shape index (κ2) is 7.71. The number of nitrogens with one attached hydrogen (secondary N) is 1. The number of anilines is 1. The van der Waals surface area contributed by atoms with Crippen molar-refractivity contribution in [3.05, 3.63) is 22.3 Å². The number of halogens is 3. The van der Waals surface area contributed by atoms with Crippen LogP contribution in [0.2, 0.25) is 0 Å². The van der Waals surface area contributed by atoms with Crippen molar-refractivity contribution in [3.63, 3.8) is 0 Å². The van der Waals surface area contributed by atoms with E-state index in [9.17, 15) is 14.7 Å². The van der Waals surface area contributed by atoms with Gasteiger partial charge in [-0.2, -0.15) is 0 Å². The first kappa shape index (κ1) is 17.4. The fraction of sp³-hybridized carbons (Fsp3) is 0. The minimum atomic E-state index is -1.24. The minimum Gasteiger partial charge on any atom is -0.545 e. The van der Waals surface area contributed by atoms with Crippen LogP contribution in [-0.4, -0.2) is 12.4 Å². The van der Waals surface area contributed by atoms with Crippen molar-refractivity contribution in [1.82, 2.24) is 0 Å². The van der Waals surface area contributed by atoms with Crippen LogP contribution >= 0.6 is 67.8 Å². The average molecular weight is 565 g/mol. The van der Waals surface area contributed by atoms with E-state index in [1.54, 1.807) is 6.07 Å². The summed E-state index contributed by atoms with van der Waals surface area (Å²) in [6.07, 6.45) is 0.519. The quantitative estimate of drug-likeness (QED) is 0.274. The van der Waals surface area contributed by atoms with Crippen LogP contribution in [0.15, 0.2) is 6.07 Å². The second-order valence-corrected chi connectivity index (χ2v) is 5.86. The first-order valence-electron chi connectivity index (χ1n) is 3.58. The minimum absolute atomic E-state index is 0. The smallest absolute Gasteiger partial charge is 0.545 e. The van der Waals surface area contributed by atoms with E-state index in [0.29, 0.717) is 19.2 Å². The average Bonchev–Trinajstić information content (AvgIpc) is 2.11. The molecule has 0 bridgehead atoms. The SMILES string of the molecule is O=CNc1c(I)cc(I)c(C(=O)[O-])c1I.[Na+]. The summed E-state index contributed by atoms with van der Waals surface area (Å²) >= 11 is 5.84. The summed E-state index contributed by atoms with van der Waals surface area (Å²) in [6, 6.07) is 1.68. The summed E-state index contributed by atoms with van der Waals surface area (Å²) in [5.74, 6) is -1.24. The van der Waals surface area contributed by atoms with Gasteiger partial charge in [-0.1, -0.05) is 0 Å². The van der Waals surface area contributed by atoms with Gasteiger partial charge >= 0.3 is 29.6 Å². The van der Waals surface area contributed by atoms with Gasteiger partial charge < -0.3 is 15.2 Å². The summed E-state index contributed by atoms with van der Waals surface area (Å²) in [5.41, 5.74) is 0.617. The molecule has 8 heteroatoms. The number of hydrogen-bond donors (Lipinski definition) is 1. The number of carboxylic acid groups (broad SMARTS) is 1. The van der Waals surface area contributed by atoms with E-state index < -0.39 is 5.97 Å². The van der Waals surface area contributed by atoms with Crippen molar-refractivity contribution in [3.8, 4) is 0 Å². The van der Waals surface area contributed by atoms with Gasteiger partial charge in [-0.05, 0) is 73.8 Å². The Bertz CT molecular complexity index is 439. The van der Waals surface area contributed by atoms with Gasteiger partial charge in [0.2, 0.25) is 6.41 Å². The summed E-state index contributed by atoms with van der Waals surface area (Å²) in [4.78, 5) is 21.2. The van der Waals surface area contributed by atoms with E-state index in [2.05, 4.69) is 5.32 Å². The molecule has 0 unspecified atom stereocenters. The largest absolute Gasteiger partial charge is 1.00 e. The number of carbonyl (C=O) groups excluding carboxylic acids is 2. The molecular weight excluding hydrogens is 562 g/mol. The molecule has 4 nitrogen and oxygen atoms in total. The van der Waals surface area contributed by atoms with Crippen molar-refractivity contribution in [1.29, 1.82) is 0 Å². The maximum atomic E-state index is 10.9. The van der Waals surface area contributed by atoms with Gasteiger partial charge in [0.25, 0.3) is 0 Å². The molecule has 0 spiro atoms. The topological polar surface area (TPSA) is 69.2 Å². The summed E-state index contributed by atoms with van der Waals surface area (Å²) in [6.45, 7) is 0. The molecule has 80 valence electrons. The number of carboxylic acids is 1. The monoisotopic (exact) mass is 565 g/mol. The number of benzene rings is 1. The standard InChI is InChI=1S/C8H4I3NO3.Na/c9-3-1-4(10)7(12-2-13)6(11)5(3)8(14)15;/h1-2H,(H,12,13)(H,14,15);/q;+1/p-1. The van der Waals surface area contributed by atoms with Gasteiger partial charge in [-0.15, -0.1) is 0 Å². The van der Waals surface area contributed by atoms with Crippen molar-refractivity contribution < 1.29 is 44.3 Å². The van der Waals surface area contributed by atoms with Gasteiger partial charge in [0, 0.05) is 16.3 Å². The number of carbonyl (C=O) groups is 2. The zero-order valence-electron chi connectivity index (χ0n) is 8.01. The molecular formula is C8H3I3NNaO3. The van der Waals surface area contributed by atoms with Crippen molar-refractivity contribution >= 4 is 85.8 Å². The van der Waals surface area contributed by atoms with Crippen LogP contribution in [0, 0.1) is 10.7 Å². The molecule has 0 saturated heterocycles. The molecule has 0 atom stereocenters. The summed E-state index contributed by atoms with van der Waals surface area (Å²) in [5, 5.41) is 13.3. The van der Waals surface area contributed by atoms with E-state index in [-0.39, 0.29) is 35.1 Å². The van der Waals surface area contributed by atoms with Crippen molar-refractivity contribution in [2.24, 2.45) is 0 Å². The number of amides is 1. The van der Waals surface area contributed by atoms with Gasteiger partial charge in [0.05, 0.1) is 11.7 Å². The molecule has 1 aromatic rings. The molecule has 0 heterocycles. The Balaban J connectivity index is 0.00000225. The molecule has 16 heavy (non-hydrogen) atoms. The number of aromatic carboxylic acids is 1. The molecule has 0 aromatic heterocycles.